The first-order chi connectivity index (χ1) is 17.5. The Hall–Kier alpha value is -3.55. The molecule has 1 heterocycles. The maximum absolute atomic E-state index is 11.2. The summed E-state index contributed by atoms with van der Waals surface area (Å²) in [6.07, 6.45) is 0.607. The molecule has 0 bridgehead atoms. The molecule has 36 heavy (non-hydrogen) atoms. The minimum absolute atomic E-state index is 0.371. The van der Waals surface area contributed by atoms with E-state index in [2.05, 4.69) is 10.3 Å². The molecule has 4 rings (SSSR count). The summed E-state index contributed by atoms with van der Waals surface area (Å²) in [6, 6.07) is 22.5. The van der Waals surface area contributed by atoms with Crippen molar-refractivity contribution in [2.24, 2.45) is 0 Å². The van der Waals surface area contributed by atoms with E-state index >= 15 is 0 Å². The topological polar surface area (TPSA) is 93.8 Å². The van der Waals surface area contributed by atoms with E-state index in [-0.39, 0.29) is 6.10 Å². The highest BCUT2D eigenvalue weighted by molar-refractivity contribution is 6.31. The van der Waals surface area contributed by atoms with Gasteiger partial charge in [-0.25, -0.2) is 9.78 Å². The van der Waals surface area contributed by atoms with Crippen LogP contribution in [0.25, 0.3) is 11.1 Å². The lowest BCUT2D eigenvalue weighted by molar-refractivity contribution is -0.145. The Morgan fingerprint density at radius 3 is 2.61 bits per heavy atom. The zero-order valence-corrected chi connectivity index (χ0v) is 20.8. The molecule has 2 atom stereocenters. The number of carboxylic acids is 1. The Kier molecular flexibility index (Phi) is 8.81. The Bertz CT molecular complexity index is 1280. The van der Waals surface area contributed by atoms with E-state index < -0.39 is 12.1 Å². The smallest absolute Gasteiger partial charge is 0.344 e. The van der Waals surface area contributed by atoms with Gasteiger partial charge in [0.2, 0.25) is 5.89 Å². The number of oxazole rings is 1. The van der Waals surface area contributed by atoms with E-state index in [0.717, 1.165) is 24.3 Å². The molecule has 7 nitrogen and oxygen atoms in total. The molecule has 0 saturated heterocycles. The molecule has 2 unspecified atom stereocenters. The van der Waals surface area contributed by atoms with Crippen LogP contribution < -0.4 is 14.8 Å². The van der Waals surface area contributed by atoms with Gasteiger partial charge in [0, 0.05) is 11.4 Å². The largest absolute Gasteiger partial charge is 0.481 e. The van der Waals surface area contributed by atoms with Crippen molar-refractivity contribution in [1.82, 2.24) is 10.3 Å². The Labute approximate surface area is 215 Å². The number of para-hydroxylation sites is 1. The highest BCUT2D eigenvalue weighted by Gasteiger charge is 2.20. The number of benzene rings is 3. The molecular weight excluding hydrogens is 480 g/mol. The molecule has 0 amide bonds. The molecule has 8 heteroatoms. The SMILES string of the molecule is CCC(Oc1cccc(CCNCCC(Oc2ccccc2)c2nc3cc(Cl)ccc3o2)c1)C(=O)O. The van der Waals surface area contributed by atoms with Crippen LogP contribution >= 0.6 is 11.6 Å². The van der Waals surface area contributed by atoms with Gasteiger partial charge in [0.1, 0.15) is 17.0 Å². The van der Waals surface area contributed by atoms with Crippen molar-refractivity contribution in [3.8, 4) is 11.5 Å². The molecule has 188 valence electrons. The van der Waals surface area contributed by atoms with E-state index in [1.165, 1.54) is 0 Å². The minimum atomic E-state index is -0.959. The molecule has 0 aliphatic rings. The summed E-state index contributed by atoms with van der Waals surface area (Å²) < 4.78 is 17.8. The summed E-state index contributed by atoms with van der Waals surface area (Å²) in [5.41, 5.74) is 2.43. The summed E-state index contributed by atoms with van der Waals surface area (Å²) >= 11 is 6.10. The van der Waals surface area contributed by atoms with Crippen molar-refractivity contribution < 1.29 is 23.8 Å². The monoisotopic (exact) mass is 508 g/mol. The lowest BCUT2D eigenvalue weighted by Crippen LogP contribution is -2.26. The zero-order valence-electron chi connectivity index (χ0n) is 20.0. The van der Waals surface area contributed by atoms with Crippen LogP contribution in [0.4, 0.5) is 0 Å². The molecule has 0 saturated carbocycles. The quantitative estimate of drug-likeness (QED) is 0.212. The summed E-state index contributed by atoms with van der Waals surface area (Å²) in [4.78, 5) is 15.8. The number of carboxylic acid groups (broad SMARTS) is 1. The van der Waals surface area contributed by atoms with Gasteiger partial charge in [0.05, 0.1) is 0 Å². The van der Waals surface area contributed by atoms with Crippen molar-refractivity contribution in [3.05, 3.63) is 89.3 Å². The molecule has 0 fully saturated rings. The third kappa shape index (κ3) is 6.99. The first-order valence-corrected chi connectivity index (χ1v) is 12.4. The molecule has 0 aliphatic heterocycles. The minimum Gasteiger partial charge on any atom is -0.481 e. The van der Waals surface area contributed by atoms with Gasteiger partial charge in [-0.1, -0.05) is 48.9 Å². The van der Waals surface area contributed by atoms with Gasteiger partial charge >= 0.3 is 5.97 Å². The number of hydrogen-bond donors (Lipinski definition) is 2. The van der Waals surface area contributed by atoms with Crippen LogP contribution in [0.3, 0.4) is 0 Å². The average Bonchev–Trinajstić information content (AvgIpc) is 3.30. The third-order valence-corrected chi connectivity index (χ3v) is 5.90. The number of ether oxygens (including phenoxy) is 2. The van der Waals surface area contributed by atoms with E-state index in [4.69, 9.17) is 25.5 Å². The van der Waals surface area contributed by atoms with E-state index in [0.29, 0.717) is 47.1 Å². The van der Waals surface area contributed by atoms with Crippen molar-refractivity contribution >= 4 is 28.7 Å². The van der Waals surface area contributed by atoms with Gasteiger partial charge in [0.15, 0.2) is 17.8 Å². The second kappa shape index (κ2) is 12.4. The maximum Gasteiger partial charge on any atom is 0.344 e. The Balaban J connectivity index is 1.34. The van der Waals surface area contributed by atoms with Gasteiger partial charge < -0.3 is 24.3 Å². The number of nitrogens with one attached hydrogen (secondary N) is 1. The Morgan fingerprint density at radius 2 is 1.83 bits per heavy atom. The van der Waals surface area contributed by atoms with Gasteiger partial charge in [0.25, 0.3) is 0 Å². The van der Waals surface area contributed by atoms with Gasteiger partial charge in [-0.2, -0.15) is 0 Å². The maximum atomic E-state index is 11.2. The van der Waals surface area contributed by atoms with Crippen molar-refractivity contribution in [2.75, 3.05) is 13.1 Å². The normalized spacial score (nSPS) is 12.8. The van der Waals surface area contributed by atoms with Crippen LogP contribution in [0.15, 0.2) is 77.2 Å². The van der Waals surface area contributed by atoms with E-state index in [1.807, 2.05) is 54.6 Å². The van der Waals surface area contributed by atoms with Crippen LogP contribution in [0.5, 0.6) is 11.5 Å². The fourth-order valence-electron chi connectivity index (χ4n) is 3.79. The summed E-state index contributed by atoms with van der Waals surface area (Å²) in [6.45, 7) is 3.21. The predicted molar refractivity (Wildman–Crippen MR) is 139 cm³/mol. The molecule has 4 aromatic rings. The molecule has 0 radical (unpaired) electrons. The van der Waals surface area contributed by atoms with Crippen LogP contribution in [0.2, 0.25) is 5.02 Å². The van der Waals surface area contributed by atoms with Gasteiger partial charge in [-0.15, -0.1) is 0 Å². The second-order valence-corrected chi connectivity index (χ2v) is 8.81. The fraction of sp³-hybridized carbons (Fsp3) is 0.286. The van der Waals surface area contributed by atoms with Crippen molar-refractivity contribution in [2.45, 2.75) is 38.4 Å². The predicted octanol–water partition coefficient (Wildman–Crippen LogP) is 6.07. The fourth-order valence-corrected chi connectivity index (χ4v) is 3.96. The highest BCUT2D eigenvalue weighted by atomic mass is 35.5. The molecule has 0 aliphatic carbocycles. The average molecular weight is 509 g/mol. The van der Waals surface area contributed by atoms with Crippen LogP contribution in [0.1, 0.15) is 37.3 Å². The lowest BCUT2D eigenvalue weighted by Gasteiger charge is -2.17. The molecular formula is C28H29ClN2O5. The number of fused-ring (bicyclic) bond motifs is 1. The number of carbonyl (C=O) groups is 1. The number of nitrogens with zero attached hydrogens (tertiary/aromatic N) is 1. The van der Waals surface area contributed by atoms with Gasteiger partial charge in [-0.05, 0) is 74.0 Å². The summed E-state index contributed by atoms with van der Waals surface area (Å²) in [5, 5.41) is 13.3. The first-order valence-electron chi connectivity index (χ1n) is 12.0. The number of halogens is 1. The molecule has 0 spiro atoms. The highest BCUT2D eigenvalue weighted by Crippen LogP contribution is 2.28. The lowest BCUT2D eigenvalue weighted by atomic mass is 10.1. The number of aromatic nitrogens is 1. The summed E-state index contributed by atoms with van der Waals surface area (Å²) in [7, 11) is 0. The standard InChI is InChI=1S/C28H29ClN2O5/c1-2-24(28(32)33)35-22-10-6-7-19(17-22)13-15-30-16-14-26(34-21-8-4-3-5-9-21)27-31-23-18-20(29)11-12-25(23)36-27/h3-12,17-18,24,26,30H,2,13-16H2,1H3,(H,32,33). The van der Waals surface area contributed by atoms with E-state index in [1.54, 1.807) is 25.1 Å². The van der Waals surface area contributed by atoms with E-state index in [9.17, 15) is 9.90 Å². The molecule has 1 aromatic heterocycles. The van der Waals surface area contributed by atoms with Crippen LogP contribution in [-0.4, -0.2) is 35.3 Å². The number of rotatable bonds is 13. The van der Waals surface area contributed by atoms with Gasteiger partial charge in [-0.3, -0.25) is 0 Å². The summed E-state index contributed by atoms with van der Waals surface area (Å²) in [5.74, 6) is 0.853. The van der Waals surface area contributed by atoms with Crippen LogP contribution in [-0.2, 0) is 11.2 Å². The molecule has 2 N–H and O–H groups in total. The van der Waals surface area contributed by atoms with Crippen molar-refractivity contribution in [3.63, 3.8) is 0 Å². The first kappa shape index (κ1) is 25.5. The van der Waals surface area contributed by atoms with Crippen LogP contribution in [0, 0.1) is 0 Å². The van der Waals surface area contributed by atoms with Crippen molar-refractivity contribution in [1.29, 1.82) is 0 Å². The molecule has 3 aromatic carbocycles. The number of hydrogen-bond acceptors (Lipinski definition) is 6. The Morgan fingerprint density at radius 1 is 1.03 bits per heavy atom. The third-order valence-electron chi connectivity index (χ3n) is 5.66. The number of aliphatic carboxylic acids is 1. The zero-order chi connectivity index (χ0) is 25.3. The second-order valence-electron chi connectivity index (χ2n) is 8.37.